The first kappa shape index (κ1) is 10.6. The smallest absolute Gasteiger partial charge is 0.438 e. The van der Waals surface area contributed by atoms with Crippen LogP contribution in [0.1, 0.15) is 13.8 Å². The van der Waals surface area contributed by atoms with E-state index in [1.165, 1.54) is 0 Å². The van der Waals surface area contributed by atoms with E-state index in [0.717, 1.165) is 0 Å². The fourth-order valence-corrected chi connectivity index (χ4v) is 1.46. The molecule has 0 aromatic heterocycles. The number of rotatable bonds is 5. The van der Waals surface area contributed by atoms with Crippen LogP contribution in [0.15, 0.2) is 0 Å². The first-order valence-electron chi connectivity index (χ1n) is 3.19. The lowest BCUT2D eigenvalue weighted by Crippen LogP contribution is -2.03. The van der Waals surface area contributed by atoms with Gasteiger partial charge >= 0.3 is 13.3 Å². The van der Waals surface area contributed by atoms with Gasteiger partial charge in [0.1, 0.15) is 0 Å². The average Bonchev–Trinajstić information content (AvgIpc) is 1.88. The van der Waals surface area contributed by atoms with E-state index in [9.17, 15) is 9.36 Å². The number of carboxylic acid groups (broad SMARTS) is 1. The molecule has 0 spiro atoms. The molecular weight excluding hydrogens is 171 g/mol. The molecule has 5 nitrogen and oxygen atoms in total. The largest absolute Gasteiger partial charge is 0.472 e. The van der Waals surface area contributed by atoms with Gasteiger partial charge in [0, 0.05) is 0 Å². The van der Waals surface area contributed by atoms with E-state index in [1.807, 2.05) is 0 Å². The first-order valence-corrected chi connectivity index (χ1v) is 4.73. The van der Waals surface area contributed by atoms with Gasteiger partial charge in [-0.1, -0.05) is 0 Å². The summed E-state index contributed by atoms with van der Waals surface area (Å²) in [6.45, 7) is 3.22. The van der Waals surface area contributed by atoms with Crippen LogP contribution >= 0.6 is 7.60 Å². The van der Waals surface area contributed by atoms with Crippen molar-refractivity contribution < 1.29 is 23.5 Å². The van der Waals surface area contributed by atoms with Gasteiger partial charge in [0.25, 0.3) is 0 Å². The van der Waals surface area contributed by atoms with Crippen LogP contribution in [0, 0.1) is 0 Å². The monoisotopic (exact) mass is 182 g/mol. The normalized spacial score (nSPS) is 11.5. The summed E-state index contributed by atoms with van der Waals surface area (Å²) in [6.07, 6.45) is 0. The van der Waals surface area contributed by atoms with Crippen molar-refractivity contribution >= 4 is 13.3 Å². The first-order chi connectivity index (χ1) is 5.06. The summed E-state index contributed by atoms with van der Waals surface area (Å²) in [7, 11) is -3.87. The summed E-state index contributed by atoms with van der Waals surface area (Å²) in [5, 5.41) is 8.38. The van der Waals surface area contributed by atoms with Crippen molar-refractivity contribution in [3.63, 3.8) is 0 Å². The molecule has 0 saturated carbocycles. The predicted octanol–water partition coefficient (Wildman–Crippen LogP) is 1.93. The summed E-state index contributed by atoms with van der Waals surface area (Å²) in [6, 6.07) is 0. The van der Waals surface area contributed by atoms with Crippen LogP contribution in [0.3, 0.4) is 0 Å². The third kappa shape index (κ3) is 3.01. The summed E-state index contributed by atoms with van der Waals surface area (Å²) < 4.78 is 20.0. The molecule has 0 heterocycles. The molecule has 0 aliphatic heterocycles. The molecule has 0 fully saturated rings. The lowest BCUT2D eigenvalue weighted by Gasteiger charge is -2.10. The third-order valence-corrected chi connectivity index (χ3v) is 2.50. The summed E-state index contributed by atoms with van der Waals surface area (Å²) >= 11 is 0. The number of hydrogen-bond acceptors (Lipinski definition) is 4. The maximum Gasteiger partial charge on any atom is 0.438 e. The highest BCUT2D eigenvalue weighted by molar-refractivity contribution is 7.71. The van der Waals surface area contributed by atoms with E-state index in [1.54, 1.807) is 13.8 Å². The van der Waals surface area contributed by atoms with E-state index in [4.69, 9.17) is 5.11 Å². The Morgan fingerprint density at radius 1 is 1.36 bits per heavy atom. The van der Waals surface area contributed by atoms with Crippen LogP contribution in [0.25, 0.3) is 0 Å². The van der Waals surface area contributed by atoms with Gasteiger partial charge in [-0.3, -0.25) is 0 Å². The van der Waals surface area contributed by atoms with Crippen LogP contribution in [-0.4, -0.2) is 24.0 Å². The van der Waals surface area contributed by atoms with Gasteiger partial charge in [0.05, 0.1) is 13.2 Å². The Bertz CT molecular complexity index is 168. The lowest BCUT2D eigenvalue weighted by molar-refractivity contribution is 0.182. The van der Waals surface area contributed by atoms with Crippen molar-refractivity contribution in [2.45, 2.75) is 13.8 Å². The van der Waals surface area contributed by atoms with Gasteiger partial charge in [-0.05, 0) is 13.8 Å². The van der Waals surface area contributed by atoms with Crippen LogP contribution in [0.2, 0.25) is 0 Å². The van der Waals surface area contributed by atoms with Crippen LogP contribution < -0.4 is 0 Å². The molecule has 0 atom stereocenters. The Hall–Kier alpha value is -0.380. The second kappa shape index (κ2) is 4.49. The quantitative estimate of drug-likeness (QED) is 0.657. The Balaban J connectivity index is 4.27. The zero-order valence-corrected chi connectivity index (χ0v) is 7.34. The molecule has 0 bridgehead atoms. The molecule has 0 aromatic carbocycles. The van der Waals surface area contributed by atoms with Crippen molar-refractivity contribution in [1.82, 2.24) is 0 Å². The Morgan fingerprint density at radius 2 is 1.73 bits per heavy atom. The van der Waals surface area contributed by atoms with Crippen LogP contribution in [0.5, 0.6) is 0 Å². The second-order valence-electron chi connectivity index (χ2n) is 1.62. The third-order valence-electron chi connectivity index (χ3n) is 0.832. The molecule has 0 aromatic rings. The minimum absolute atomic E-state index is 0.0591. The highest BCUT2D eigenvalue weighted by Gasteiger charge is 2.33. The summed E-state index contributed by atoms with van der Waals surface area (Å²) in [5.74, 6) is 0. The molecule has 0 radical (unpaired) electrons. The van der Waals surface area contributed by atoms with Crippen molar-refractivity contribution in [3.8, 4) is 0 Å². The van der Waals surface area contributed by atoms with Crippen LogP contribution in [0.4, 0.5) is 4.79 Å². The van der Waals surface area contributed by atoms with Crippen molar-refractivity contribution in [2.24, 2.45) is 0 Å². The standard InChI is InChI=1S/C5H11O5P/c1-3-9-11(8,5(6)7)10-4-2/h3-4H2,1-2H3,(H,6,7). The number of carbonyl (C=O) groups is 1. The highest BCUT2D eigenvalue weighted by Crippen LogP contribution is 2.48. The SMILES string of the molecule is CCOP(=O)(OCC)C(=O)O. The highest BCUT2D eigenvalue weighted by atomic mass is 31.2. The summed E-state index contributed by atoms with van der Waals surface area (Å²) in [4.78, 5) is 10.3. The van der Waals surface area contributed by atoms with Gasteiger partial charge in [-0.2, -0.15) is 0 Å². The maximum absolute atomic E-state index is 11.1. The average molecular weight is 182 g/mol. The molecule has 0 saturated heterocycles. The van der Waals surface area contributed by atoms with Crippen molar-refractivity contribution in [3.05, 3.63) is 0 Å². The Labute approximate surface area is 64.8 Å². The molecule has 0 rings (SSSR count). The molecule has 6 heteroatoms. The number of hydrogen-bond donors (Lipinski definition) is 1. The fraction of sp³-hybridized carbons (Fsp3) is 0.800. The molecular formula is C5H11O5P. The van der Waals surface area contributed by atoms with Gasteiger partial charge < -0.3 is 14.2 Å². The maximum atomic E-state index is 11.1. The topological polar surface area (TPSA) is 72.8 Å². The molecule has 66 valence electrons. The molecule has 0 aliphatic carbocycles. The van der Waals surface area contributed by atoms with E-state index in [-0.39, 0.29) is 13.2 Å². The van der Waals surface area contributed by atoms with Gasteiger partial charge in [-0.15, -0.1) is 0 Å². The minimum Gasteiger partial charge on any atom is -0.472 e. The molecule has 0 unspecified atom stereocenters. The van der Waals surface area contributed by atoms with E-state index >= 15 is 0 Å². The summed E-state index contributed by atoms with van der Waals surface area (Å²) in [5.41, 5.74) is -1.54. The minimum atomic E-state index is -3.87. The van der Waals surface area contributed by atoms with Crippen molar-refractivity contribution in [1.29, 1.82) is 0 Å². The Morgan fingerprint density at radius 3 is 1.91 bits per heavy atom. The van der Waals surface area contributed by atoms with E-state index < -0.39 is 13.3 Å². The fourth-order valence-electron chi connectivity index (χ4n) is 0.488. The Kier molecular flexibility index (Phi) is 4.33. The molecule has 11 heavy (non-hydrogen) atoms. The van der Waals surface area contributed by atoms with E-state index in [0.29, 0.717) is 0 Å². The van der Waals surface area contributed by atoms with Gasteiger partial charge in [0.2, 0.25) is 0 Å². The van der Waals surface area contributed by atoms with E-state index in [2.05, 4.69) is 9.05 Å². The molecule has 0 aliphatic rings. The predicted molar refractivity (Wildman–Crippen MR) is 38.9 cm³/mol. The lowest BCUT2D eigenvalue weighted by atomic mass is 10.9. The van der Waals surface area contributed by atoms with Gasteiger partial charge in [-0.25, -0.2) is 9.36 Å². The molecule has 1 N–H and O–H groups in total. The zero-order valence-electron chi connectivity index (χ0n) is 6.44. The molecule has 0 amide bonds. The van der Waals surface area contributed by atoms with Crippen LogP contribution in [-0.2, 0) is 13.6 Å². The zero-order chi connectivity index (χ0) is 8.91. The van der Waals surface area contributed by atoms with Gasteiger partial charge in [0.15, 0.2) is 0 Å². The van der Waals surface area contributed by atoms with Crippen molar-refractivity contribution in [2.75, 3.05) is 13.2 Å². The second-order valence-corrected chi connectivity index (χ2v) is 3.51.